The predicted octanol–water partition coefficient (Wildman–Crippen LogP) is 3.90. The Morgan fingerprint density at radius 1 is 1.05 bits per heavy atom. The van der Waals surface area contributed by atoms with Crippen LogP contribution in [0.25, 0.3) is 0 Å². The number of benzene rings is 1. The highest BCUT2D eigenvalue weighted by Gasteiger charge is 2.62. The van der Waals surface area contributed by atoms with Gasteiger partial charge in [-0.1, -0.05) is 19.1 Å². The minimum atomic E-state index is -5.75. The van der Waals surface area contributed by atoms with Gasteiger partial charge in [-0.3, -0.25) is 4.79 Å². The first-order valence-corrected chi connectivity index (χ1v) is 5.49. The second-order valence-corrected chi connectivity index (χ2v) is 3.93. The lowest BCUT2D eigenvalue weighted by molar-refractivity contribution is -0.279. The van der Waals surface area contributed by atoms with Crippen LogP contribution in [0.5, 0.6) is 5.75 Å². The van der Waals surface area contributed by atoms with Crippen LogP contribution >= 0.6 is 0 Å². The van der Waals surface area contributed by atoms with E-state index in [0.29, 0.717) is 6.42 Å². The van der Waals surface area contributed by atoms with E-state index in [0.717, 1.165) is 17.7 Å². The first kappa shape index (κ1) is 16.3. The Labute approximate surface area is 110 Å². The van der Waals surface area contributed by atoms with Gasteiger partial charge < -0.3 is 4.74 Å². The van der Waals surface area contributed by atoms with E-state index in [1.165, 1.54) is 12.1 Å². The van der Waals surface area contributed by atoms with Crippen LogP contribution in [0, 0.1) is 5.92 Å². The van der Waals surface area contributed by atoms with Crippen LogP contribution in [-0.2, 0) is 11.2 Å². The van der Waals surface area contributed by atoms with Crippen molar-refractivity contribution in [1.29, 1.82) is 0 Å². The average Bonchev–Trinajstić information content (AvgIpc) is 2.25. The van der Waals surface area contributed by atoms with Crippen molar-refractivity contribution in [2.75, 3.05) is 0 Å². The third-order valence-corrected chi connectivity index (χ3v) is 2.44. The number of carbonyl (C=O) groups is 1. The Morgan fingerprint density at radius 2 is 1.50 bits per heavy atom. The Hall–Kier alpha value is -1.73. The highest BCUT2D eigenvalue weighted by Crippen LogP contribution is 2.40. The molecule has 0 aromatic heterocycles. The van der Waals surface area contributed by atoms with E-state index in [1.807, 2.05) is 6.92 Å². The molecular weight excluding hydrogens is 290 g/mol. The maximum absolute atomic E-state index is 12.3. The molecule has 0 aliphatic heterocycles. The van der Waals surface area contributed by atoms with Crippen LogP contribution in [-0.4, -0.2) is 18.3 Å². The zero-order valence-electron chi connectivity index (χ0n) is 10.2. The fourth-order valence-electron chi connectivity index (χ4n) is 1.42. The molecular formula is C12H10F6O2. The average molecular weight is 300 g/mol. The molecule has 0 N–H and O–H groups in total. The Morgan fingerprint density at radius 3 is 1.85 bits per heavy atom. The summed E-state index contributed by atoms with van der Waals surface area (Å²) in [6, 6.07) is 5.17. The van der Waals surface area contributed by atoms with Crippen molar-refractivity contribution in [3.8, 4) is 5.75 Å². The lowest BCUT2D eigenvalue weighted by Crippen LogP contribution is -2.44. The molecule has 0 amide bonds. The standard InChI is InChI=1S/C12H10F6O2/c1-2-7-3-5-8(6-4-7)20-10(19)9(11(13,14)15)12(16,17)18/h3-6,9H,2H2,1H3. The van der Waals surface area contributed by atoms with Crippen molar-refractivity contribution < 1.29 is 35.9 Å². The largest absolute Gasteiger partial charge is 0.426 e. The molecule has 0 aliphatic carbocycles. The third kappa shape index (κ3) is 4.14. The summed E-state index contributed by atoms with van der Waals surface area (Å²) in [5.41, 5.74) is 0.799. The second kappa shape index (κ2) is 5.72. The molecule has 1 rings (SSSR count). The van der Waals surface area contributed by atoms with Crippen molar-refractivity contribution in [2.24, 2.45) is 5.92 Å². The van der Waals surface area contributed by atoms with Gasteiger partial charge >= 0.3 is 18.3 Å². The smallest absolute Gasteiger partial charge is 0.411 e. The molecule has 1 aromatic carbocycles. The summed E-state index contributed by atoms with van der Waals surface area (Å²) in [7, 11) is 0. The molecule has 0 heterocycles. The van der Waals surface area contributed by atoms with Crippen molar-refractivity contribution in [3.63, 3.8) is 0 Å². The maximum Gasteiger partial charge on any atom is 0.411 e. The SMILES string of the molecule is CCc1ccc(OC(=O)C(C(F)(F)F)C(F)(F)F)cc1. The number of rotatable bonds is 3. The van der Waals surface area contributed by atoms with Gasteiger partial charge in [0.15, 0.2) is 0 Å². The minimum Gasteiger partial charge on any atom is -0.426 e. The summed E-state index contributed by atoms with van der Waals surface area (Å²) in [5.74, 6) is -6.92. The fraction of sp³-hybridized carbons (Fsp3) is 0.417. The van der Waals surface area contributed by atoms with Crippen molar-refractivity contribution >= 4 is 5.97 Å². The molecule has 0 aliphatic rings. The lowest BCUT2D eigenvalue weighted by Gasteiger charge is -2.21. The molecule has 0 unspecified atom stereocenters. The van der Waals surface area contributed by atoms with E-state index in [4.69, 9.17) is 0 Å². The minimum absolute atomic E-state index is 0.370. The molecule has 20 heavy (non-hydrogen) atoms. The molecule has 0 bridgehead atoms. The number of esters is 1. The molecule has 112 valence electrons. The normalized spacial score (nSPS) is 12.6. The number of ether oxygens (including phenoxy) is 1. The number of hydrogen-bond acceptors (Lipinski definition) is 2. The molecule has 0 spiro atoms. The van der Waals surface area contributed by atoms with Gasteiger partial charge in [-0.2, -0.15) is 26.3 Å². The second-order valence-electron chi connectivity index (χ2n) is 3.93. The third-order valence-electron chi connectivity index (χ3n) is 2.44. The first-order valence-electron chi connectivity index (χ1n) is 5.49. The van der Waals surface area contributed by atoms with Crippen molar-refractivity contribution in [1.82, 2.24) is 0 Å². The van der Waals surface area contributed by atoms with Gasteiger partial charge in [-0.25, -0.2) is 0 Å². The number of halogens is 6. The van der Waals surface area contributed by atoms with Crippen LogP contribution in [0.15, 0.2) is 24.3 Å². The highest BCUT2D eigenvalue weighted by molar-refractivity contribution is 5.76. The number of carbonyl (C=O) groups excluding carboxylic acids is 1. The van der Waals surface area contributed by atoms with Crippen LogP contribution in [0.4, 0.5) is 26.3 Å². The van der Waals surface area contributed by atoms with Gasteiger partial charge in [0.1, 0.15) is 5.75 Å². The Kier molecular flexibility index (Phi) is 4.67. The number of aryl methyl sites for hydroxylation is 1. The number of hydrogen-bond donors (Lipinski definition) is 0. The van der Waals surface area contributed by atoms with Crippen LogP contribution in [0.1, 0.15) is 12.5 Å². The monoisotopic (exact) mass is 300 g/mol. The summed E-state index contributed by atoms with van der Waals surface area (Å²) in [5, 5.41) is 0. The molecule has 0 fully saturated rings. The van der Waals surface area contributed by atoms with Gasteiger partial charge in [-0.05, 0) is 24.1 Å². The summed E-state index contributed by atoms with van der Waals surface area (Å²) >= 11 is 0. The zero-order valence-corrected chi connectivity index (χ0v) is 10.2. The Bertz CT molecular complexity index is 446. The van der Waals surface area contributed by atoms with Gasteiger partial charge in [0, 0.05) is 0 Å². The zero-order chi connectivity index (χ0) is 15.6. The van der Waals surface area contributed by atoms with Crippen LogP contribution in [0.2, 0.25) is 0 Å². The summed E-state index contributed by atoms with van der Waals surface area (Å²) < 4.78 is 77.8. The summed E-state index contributed by atoms with van der Waals surface area (Å²) in [6.45, 7) is 1.81. The summed E-state index contributed by atoms with van der Waals surface area (Å²) in [4.78, 5) is 11.1. The van der Waals surface area contributed by atoms with E-state index < -0.39 is 24.2 Å². The van der Waals surface area contributed by atoms with Crippen molar-refractivity contribution in [3.05, 3.63) is 29.8 Å². The van der Waals surface area contributed by atoms with Gasteiger partial charge in [0.2, 0.25) is 5.92 Å². The maximum atomic E-state index is 12.3. The molecule has 2 nitrogen and oxygen atoms in total. The molecule has 0 saturated heterocycles. The predicted molar refractivity (Wildman–Crippen MR) is 57.1 cm³/mol. The Balaban J connectivity index is 2.91. The van der Waals surface area contributed by atoms with E-state index in [2.05, 4.69) is 4.74 Å². The van der Waals surface area contributed by atoms with Gasteiger partial charge in [0.05, 0.1) is 0 Å². The van der Waals surface area contributed by atoms with Gasteiger partial charge in [-0.15, -0.1) is 0 Å². The lowest BCUT2D eigenvalue weighted by atomic mass is 10.1. The fourth-order valence-corrected chi connectivity index (χ4v) is 1.42. The summed E-state index contributed by atoms with van der Waals surface area (Å²) in [6.07, 6.45) is -10.9. The van der Waals surface area contributed by atoms with Crippen LogP contribution in [0.3, 0.4) is 0 Å². The van der Waals surface area contributed by atoms with E-state index in [1.54, 1.807) is 0 Å². The van der Waals surface area contributed by atoms with E-state index in [-0.39, 0.29) is 5.75 Å². The van der Waals surface area contributed by atoms with Crippen LogP contribution < -0.4 is 4.74 Å². The molecule has 8 heteroatoms. The number of alkyl halides is 6. The highest BCUT2D eigenvalue weighted by atomic mass is 19.4. The topological polar surface area (TPSA) is 26.3 Å². The molecule has 1 aromatic rings. The quantitative estimate of drug-likeness (QED) is 0.481. The van der Waals surface area contributed by atoms with Gasteiger partial charge in [0.25, 0.3) is 0 Å². The van der Waals surface area contributed by atoms with Crippen molar-refractivity contribution in [2.45, 2.75) is 25.7 Å². The van der Waals surface area contributed by atoms with E-state index in [9.17, 15) is 31.1 Å². The molecule has 0 saturated carbocycles. The molecule has 0 atom stereocenters. The first-order chi connectivity index (χ1) is 9.05. The molecule has 0 radical (unpaired) electrons. The van der Waals surface area contributed by atoms with E-state index >= 15 is 0 Å².